The number of aryl methyl sites for hydroxylation is 1. The summed E-state index contributed by atoms with van der Waals surface area (Å²) in [5.41, 5.74) is 2.05. The van der Waals surface area contributed by atoms with E-state index in [9.17, 15) is 4.79 Å². The fraction of sp³-hybridized carbons (Fsp3) is 0.412. The lowest BCUT2D eigenvalue weighted by atomic mass is 9.97. The van der Waals surface area contributed by atoms with Crippen LogP contribution in [0.5, 0.6) is 0 Å². The molecular weight excluding hydrogens is 276 g/mol. The summed E-state index contributed by atoms with van der Waals surface area (Å²) in [5.74, 6) is 0.623. The molecule has 116 valence electrons. The SMILES string of the molecule is Cc1ccc(NC(=O)N2CCC(Cn3ccnc3)CC2)cc1. The normalized spacial score (nSPS) is 15.8. The Morgan fingerprint density at radius 1 is 1.27 bits per heavy atom. The number of anilines is 1. The highest BCUT2D eigenvalue weighted by Gasteiger charge is 2.22. The first kappa shape index (κ1) is 14.6. The number of rotatable bonds is 3. The molecule has 0 aliphatic carbocycles. The Hall–Kier alpha value is -2.30. The summed E-state index contributed by atoms with van der Waals surface area (Å²) in [7, 11) is 0. The van der Waals surface area contributed by atoms with Crippen molar-refractivity contribution in [2.75, 3.05) is 18.4 Å². The Labute approximate surface area is 131 Å². The van der Waals surface area contributed by atoms with Crippen LogP contribution in [0.25, 0.3) is 0 Å². The Kier molecular flexibility index (Phi) is 4.42. The van der Waals surface area contributed by atoms with Gasteiger partial charge in [-0.25, -0.2) is 9.78 Å². The second kappa shape index (κ2) is 6.64. The van der Waals surface area contributed by atoms with Crippen molar-refractivity contribution in [2.24, 2.45) is 5.92 Å². The van der Waals surface area contributed by atoms with E-state index in [1.807, 2.05) is 54.8 Å². The van der Waals surface area contributed by atoms with E-state index in [0.29, 0.717) is 5.92 Å². The summed E-state index contributed by atoms with van der Waals surface area (Å²) in [6.45, 7) is 4.66. The molecule has 0 saturated carbocycles. The number of urea groups is 1. The molecule has 2 amide bonds. The van der Waals surface area contributed by atoms with Gasteiger partial charge in [0.2, 0.25) is 0 Å². The first-order valence-corrected chi connectivity index (χ1v) is 7.79. The van der Waals surface area contributed by atoms with Gasteiger partial charge in [-0.2, -0.15) is 0 Å². The van der Waals surface area contributed by atoms with Gasteiger partial charge in [0.25, 0.3) is 0 Å². The number of benzene rings is 1. The van der Waals surface area contributed by atoms with Gasteiger partial charge in [0.1, 0.15) is 0 Å². The molecule has 0 unspecified atom stereocenters. The summed E-state index contributed by atoms with van der Waals surface area (Å²) >= 11 is 0. The molecule has 5 heteroatoms. The van der Waals surface area contributed by atoms with Gasteiger partial charge < -0.3 is 14.8 Å². The van der Waals surface area contributed by atoms with Crippen molar-refractivity contribution in [3.05, 3.63) is 48.5 Å². The van der Waals surface area contributed by atoms with Crippen molar-refractivity contribution in [3.8, 4) is 0 Å². The molecule has 1 fully saturated rings. The number of nitrogens with one attached hydrogen (secondary N) is 1. The highest BCUT2D eigenvalue weighted by molar-refractivity contribution is 5.89. The second-order valence-electron chi connectivity index (χ2n) is 5.99. The minimum Gasteiger partial charge on any atom is -0.337 e. The van der Waals surface area contributed by atoms with E-state index < -0.39 is 0 Å². The number of nitrogens with zero attached hydrogens (tertiary/aromatic N) is 3. The zero-order valence-electron chi connectivity index (χ0n) is 12.9. The molecule has 1 saturated heterocycles. The number of carbonyl (C=O) groups excluding carboxylic acids is 1. The van der Waals surface area contributed by atoms with E-state index in [1.165, 1.54) is 5.56 Å². The fourth-order valence-electron chi connectivity index (χ4n) is 2.85. The third kappa shape index (κ3) is 3.67. The van der Waals surface area contributed by atoms with E-state index in [2.05, 4.69) is 14.9 Å². The van der Waals surface area contributed by atoms with E-state index in [0.717, 1.165) is 38.2 Å². The monoisotopic (exact) mass is 298 g/mol. The fourth-order valence-corrected chi connectivity index (χ4v) is 2.85. The lowest BCUT2D eigenvalue weighted by Gasteiger charge is -2.32. The minimum atomic E-state index is 0.00457. The van der Waals surface area contributed by atoms with Crippen LogP contribution < -0.4 is 5.32 Å². The summed E-state index contributed by atoms with van der Waals surface area (Å²) in [6.07, 6.45) is 7.75. The van der Waals surface area contributed by atoms with E-state index in [4.69, 9.17) is 0 Å². The molecule has 22 heavy (non-hydrogen) atoms. The summed E-state index contributed by atoms with van der Waals surface area (Å²) in [4.78, 5) is 18.3. The highest BCUT2D eigenvalue weighted by Crippen LogP contribution is 2.20. The van der Waals surface area contributed by atoms with Gasteiger partial charge in [-0.1, -0.05) is 17.7 Å². The molecule has 1 aromatic carbocycles. The van der Waals surface area contributed by atoms with Gasteiger partial charge in [0.15, 0.2) is 0 Å². The van der Waals surface area contributed by atoms with Crippen LogP contribution in [0.4, 0.5) is 10.5 Å². The van der Waals surface area contributed by atoms with Crippen molar-refractivity contribution in [2.45, 2.75) is 26.3 Å². The van der Waals surface area contributed by atoms with Gasteiger partial charge in [-0.05, 0) is 37.8 Å². The van der Waals surface area contributed by atoms with Crippen LogP contribution in [0.15, 0.2) is 43.0 Å². The lowest BCUT2D eigenvalue weighted by molar-refractivity contribution is 0.177. The molecule has 0 bridgehead atoms. The number of piperidine rings is 1. The van der Waals surface area contributed by atoms with Crippen LogP contribution in [0.2, 0.25) is 0 Å². The van der Waals surface area contributed by atoms with Crippen molar-refractivity contribution < 1.29 is 4.79 Å². The van der Waals surface area contributed by atoms with Gasteiger partial charge in [-0.3, -0.25) is 0 Å². The highest BCUT2D eigenvalue weighted by atomic mass is 16.2. The number of aromatic nitrogens is 2. The minimum absolute atomic E-state index is 0.00457. The Morgan fingerprint density at radius 2 is 2.00 bits per heavy atom. The van der Waals surface area contributed by atoms with Crippen molar-refractivity contribution in [1.29, 1.82) is 0 Å². The molecule has 1 aromatic heterocycles. The molecule has 2 aromatic rings. The third-order valence-corrected chi connectivity index (χ3v) is 4.23. The predicted molar refractivity (Wildman–Crippen MR) is 86.7 cm³/mol. The van der Waals surface area contributed by atoms with Crippen LogP contribution in [0.3, 0.4) is 0 Å². The molecule has 2 heterocycles. The summed E-state index contributed by atoms with van der Waals surface area (Å²) in [5, 5.41) is 2.97. The number of carbonyl (C=O) groups is 1. The molecule has 1 N–H and O–H groups in total. The first-order chi connectivity index (χ1) is 10.7. The molecule has 3 rings (SSSR count). The molecule has 1 aliphatic heterocycles. The van der Waals surface area contributed by atoms with Gasteiger partial charge in [-0.15, -0.1) is 0 Å². The van der Waals surface area contributed by atoms with Crippen molar-refractivity contribution in [1.82, 2.24) is 14.5 Å². The second-order valence-corrected chi connectivity index (χ2v) is 5.99. The molecular formula is C17H22N4O. The maximum Gasteiger partial charge on any atom is 0.321 e. The van der Waals surface area contributed by atoms with Crippen LogP contribution in [-0.4, -0.2) is 33.6 Å². The maximum atomic E-state index is 12.3. The number of imidazole rings is 1. The lowest BCUT2D eigenvalue weighted by Crippen LogP contribution is -2.41. The van der Waals surface area contributed by atoms with Crippen molar-refractivity contribution in [3.63, 3.8) is 0 Å². The summed E-state index contributed by atoms with van der Waals surface area (Å²) < 4.78 is 2.12. The molecule has 0 atom stereocenters. The third-order valence-electron chi connectivity index (χ3n) is 4.23. The van der Waals surface area contributed by atoms with E-state index in [1.54, 1.807) is 0 Å². The van der Waals surface area contributed by atoms with Crippen molar-refractivity contribution >= 4 is 11.7 Å². The maximum absolute atomic E-state index is 12.3. The summed E-state index contributed by atoms with van der Waals surface area (Å²) in [6, 6.07) is 7.91. The van der Waals surface area contributed by atoms with Crippen LogP contribution >= 0.6 is 0 Å². The largest absolute Gasteiger partial charge is 0.337 e. The number of hydrogen-bond acceptors (Lipinski definition) is 2. The number of hydrogen-bond donors (Lipinski definition) is 1. The van der Waals surface area contributed by atoms with Crippen LogP contribution in [-0.2, 0) is 6.54 Å². The van der Waals surface area contributed by atoms with Gasteiger partial charge >= 0.3 is 6.03 Å². The van der Waals surface area contributed by atoms with Crippen LogP contribution in [0.1, 0.15) is 18.4 Å². The standard InChI is InChI=1S/C17H22N4O/c1-14-2-4-16(5-3-14)19-17(22)21-9-6-15(7-10-21)12-20-11-8-18-13-20/h2-5,8,11,13,15H,6-7,9-10,12H2,1H3,(H,19,22). The van der Waals surface area contributed by atoms with Gasteiger partial charge in [0, 0.05) is 37.7 Å². The Morgan fingerprint density at radius 3 is 2.64 bits per heavy atom. The first-order valence-electron chi connectivity index (χ1n) is 7.79. The average molecular weight is 298 g/mol. The topological polar surface area (TPSA) is 50.2 Å². The number of likely N-dealkylation sites (tertiary alicyclic amines) is 1. The quantitative estimate of drug-likeness (QED) is 0.946. The predicted octanol–water partition coefficient (Wildman–Crippen LogP) is 3.14. The van der Waals surface area contributed by atoms with Gasteiger partial charge in [0.05, 0.1) is 6.33 Å². The zero-order valence-corrected chi connectivity index (χ0v) is 12.9. The number of amides is 2. The smallest absolute Gasteiger partial charge is 0.321 e. The molecule has 0 radical (unpaired) electrons. The molecule has 0 spiro atoms. The van der Waals surface area contributed by atoms with E-state index >= 15 is 0 Å². The zero-order chi connectivity index (χ0) is 15.4. The Bertz CT molecular complexity index is 598. The average Bonchev–Trinajstić information content (AvgIpc) is 3.03. The van der Waals surface area contributed by atoms with E-state index in [-0.39, 0.29) is 6.03 Å². The van der Waals surface area contributed by atoms with Crippen LogP contribution in [0, 0.1) is 12.8 Å². The molecule has 1 aliphatic rings. The molecule has 5 nitrogen and oxygen atoms in total. The Balaban J connectivity index is 1.48.